The van der Waals surface area contributed by atoms with Gasteiger partial charge in [0.25, 0.3) is 0 Å². The Balaban J connectivity index is 0.000000410. The largest absolute Gasteiger partial charge is 0.356 e. The van der Waals surface area contributed by atoms with Crippen molar-refractivity contribution in [3.63, 3.8) is 0 Å². The molecule has 0 aliphatic carbocycles. The van der Waals surface area contributed by atoms with Crippen LogP contribution >= 0.6 is 0 Å². The Hall–Kier alpha value is -1.50. The molecule has 0 bridgehead atoms. The maximum atomic E-state index is 10.6. The Kier molecular flexibility index (Phi) is 21.3. The zero-order valence-electron chi connectivity index (χ0n) is 20.1. The fourth-order valence-electron chi connectivity index (χ4n) is 3.61. The van der Waals surface area contributed by atoms with Crippen molar-refractivity contribution in [1.29, 1.82) is 0 Å². The average molecular weight is 556 g/mol. The first-order chi connectivity index (χ1) is 15.6. The van der Waals surface area contributed by atoms with E-state index in [0.29, 0.717) is 0 Å². The monoisotopic (exact) mass is 555 g/mol. The second-order valence-corrected chi connectivity index (χ2v) is 8.64. The smallest absolute Gasteiger partial charge is 0.219 e. The summed E-state index contributed by atoms with van der Waals surface area (Å²) in [5.41, 5.74) is 0. The summed E-state index contributed by atoms with van der Waals surface area (Å²) in [5.74, 6) is 0.898. The first-order valence-corrected chi connectivity index (χ1v) is 12.6. The van der Waals surface area contributed by atoms with Gasteiger partial charge in [0, 0.05) is 71.3 Å². The summed E-state index contributed by atoms with van der Waals surface area (Å²) in [6.07, 6.45) is 16.7. The number of rotatable bonds is 0. The molecule has 4 aliphatic rings. The Morgan fingerprint density at radius 2 is 0.545 bits per heavy atom. The van der Waals surface area contributed by atoms with E-state index in [9.17, 15) is 19.2 Å². The standard InChI is InChI=1S/4C6H11NO.Rh/c4*8-6-4-2-1-3-5-7-6;/h4*1-5H2,(H,7,8);. The third kappa shape index (κ3) is 20.8. The van der Waals surface area contributed by atoms with Crippen molar-refractivity contribution in [3.05, 3.63) is 0 Å². The molecule has 4 fully saturated rings. The van der Waals surface area contributed by atoms with Crippen LogP contribution < -0.4 is 21.3 Å². The summed E-state index contributed by atoms with van der Waals surface area (Å²) in [6.45, 7) is 3.55. The first-order valence-electron chi connectivity index (χ1n) is 12.6. The molecular weight excluding hydrogens is 511 g/mol. The molecule has 33 heavy (non-hydrogen) atoms. The van der Waals surface area contributed by atoms with Gasteiger partial charge in [0.05, 0.1) is 0 Å². The minimum absolute atomic E-state index is 0. The van der Waals surface area contributed by atoms with Crippen LogP contribution in [0, 0.1) is 0 Å². The molecule has 0 saturated carbocycles. The van der Waals surface area contributed by atoms with Gasteiger partial charge in [-0.3, -0.25) is 19.2 Å². The number of carbonyl (C=O) groups excluding carboxylic acids is 4. The predicted molar refractivity (Wildman–Crippen MR) is 126 cm³/mol. The molecule has 8 nitrogen and oxygen atoms in total. The minimum Gasteiger partial charge on any atom is -0.356 e. The maximum absolute atomic E-state index is 10.6. The number of hydrogen-bond acceptors (Lipinski definition) is 4. The molecule has 4 saturated heterocycles. The molecule has 0 unspecified atom stereocenters. The fraction of sp³-hybridized carbons (Fsp3) is 0.833. The van der Waals surface area contributed by atoms with Gasteiger partial charge in [-0.1, -0.05) is 25.7 Å². The molecule has 0 spiro atoms. The molecule has 4 heterocycles. The van der Waals surface area contributed by atoms with E-state index in [1.54, 1.807) is 0 Å². The average Bonchev–Trinajstić information content (AvgIpc) is 3.35. The van der Waals surface area contributed by atoms with Gasteiger partial charge < -0.3 is 21.3 Å². The zero-order chi connectivity index (χ0) is 23.3. The van der Waals surface area contributed by atoms with Crippen molar-refractivity contribution in [3.8, 4) is 0 Å². The van der Waals surface area contributed by atoms with E-state index in [2.05, 4.69) is 21.3 Å². The van der Waals surface area contributed by atoms with E-state index in [0.717, 1.165) is 103 Å². The van der Waals surface area contributed by atoms with Crippen molar-refractivity contribution in [2.75, 3.05) is 26.2 Å². The third-order valence-electron chi connectivity index (χ3n) is 5.61. The van der Waals surface area contributed by atoms with Gasteiger partial charge in [-0.25, -0.2) is 0 Å². The van der Waals surface area contributed by atoms with E-state index < -0.39 is 0 Å². The van der Waals surface area contributed by atoms with Crippen LogP contribution in [0.5, 0.6) is 0 Å². The molecule has 4 N–H and O–H groups in total. The zero-order valence-corrected chi connectivity index (χ0v) is 21.7. The van der Waals surface area contributed by atoms with Crippen molar-refractivity contribution in [2.45, 2.75) is 103 Å². The SMILES string of the molecule is O=C1CCCCCN1.O=C1CCCCCN1.O=C1CCCCCN1.O=C1CCCCCN1.[Rh]. The molecule has 0 aromatic rings. The van der Waals surface area contributed by atoms with Crippen LogP contribution in [0.1, 0.15) is 103 Å². The molecule has 193 valence electrons. The van der Waals surface area contributed by atoms with Gasteiger partial charge in [-0.2, -0.15) is 0 Å². The van der Waals surface area contributed by atoms with Gasteiger partial charge in [-0.05, 0) is 51.4 Å². The normalized spacial score (nSPS) is 21.1. The second kappa shape index (κ2) is 22.3. The molecule has 0 aromatic carbocycles. The van der Waals surface area contributed by atoms with Gasteiger partial charge in [-0.15, -0.1) is 0 Å². The number of carbonyl (C=O) groups is 4. The van der Waals surface area contributed by atoms with Crippen LogP contribution in [0.4, 0.5) is 0 Å². The molecule has 4 aliphatic heterocycles. The Morgan fingerprint density at radius 1 is 0.333 bits per heavy atom. The summed E-state index contributed by atoms with van der Waals surface area (Å²) in [5, 5.41) is 11.2. The Labute approximate surface area is 212 Å². The van der Waals surface area contributed by atoms with Gasteiger partial charge >= 0.3 is 0 Å². The topological polar surface area (TPSA) is 116 Å². The van der Waals surface area contributed by atoms with Gasteiger partial charge in [0.1, 0.15) is 0 Å². The van der Waals surface area contributed by atoms with E-state index in [1.807, 2.05) is 0 Å². The molecule has 1 radical (unpaired) electrons. The molecule has 9 heteroatoms. The number of hydrogen-bond donors (Lipinski definition) is 4. The van der Waals surface area contributed by atoms with Crippen molar-refractivity contribution in [1.82, 2.24) is 21.3 Å². The molecule has 4 rings (SSSR count). The van der Waals surface area contributed by atoms with Crippen molar-refractivity contribution < 1.29 is 38.7 Å². The number of amides is 4. The van der Waals surface area contributed by atoms with Crippen LogP contribution in [-0.4, -0.2) is 49.8 Å². The Morgan fingerprint density at radius 3 is 0.758 bits per heavy atom. The first kappa shape index (κ1) is 31.5. The quantitative estimate of drug-likeness (QED) is 0.344. The maximum Gasteiger partial charge on any atom is 0.219 e. The summed E-state index contributed by atoms with van der Waals surface area (Å²) in [4.78, 5) is 42.3. The molecule has 0 aromatic heterocycles. The van der Waals surface area contributed by atoms with Crippen LogP contribution in [-0.2, 0) is 38.7 Å². The molecule has 0 atom stereocenters. The second-order valence-electron chi connectivity index (χ2n) is 8.64. The third-order valence-corrected chi connectivity index (χ3v) is 5.61. The summed E-state index contributed by atoms with van der Waals surface area (Å²) >= 11 is 0. The van der Waals surface area contributed by atoms with Crippen molar-refractivity contribution >= 4 is 23.6 Å². The predicted octanol–water partition coefficient (Wildman–Crippen LogP) is 2.70. The van der Waals surface area contributed by atoms with E-state index >= 15 is 0 Å². The van der Waals surface area contributed by atoms with Crippen LogP contribution in [0.3, 0.4) is 0 Å². The van der Waals surface area contributed by atoms with E-state index in [-0.39, 0.29) is 43.1 Å². The Bertz CT molecular complexity index is 425. The van der Waals surface area contributed by atoms with E-state index in [1.165, 1.54) is 25.7 Å². The van der Waals surface area contributed by atoms with Crippen LogP contribution in [0.15, 0.2) is 0 Å². The fourth-order valence-corrected chi connectivity index (χ4v) is 3.61. The molecule has 4 amide bonds. The van der Waals surface area contributed by atoms with E-state index in [4.69, 9.17) is 0 Å². The van der Waals surface area contributed by atoms with Crippen LogP contribution in [0.25, 0.3) is 0 Å². The summed E-state index contributed by atoms with van der Waals surface area (Å²) < 4.78 is 0. The van der Waals surface area contributed by atoms with Gasteiger partial charge in [0.15, 0.2) is 0 Å². The summed E-state index contributed by atoms with van der Waals surface area (Å²) in [6, 6.07) is 0. The van der Waals surface area contributed by atoms with Crippen molar-refractivity contribution in [2.24, 2.45) is 0 Å². The number of nitrogens with one attached hydrogen (secondary N) is 4. The van der Waals surface area contributed by atoms with Gasteiger partial charge in [0.2, 0.25) is 23.6 Å². The summed E-state index contributed by atoms with van der Waals surface area (Å²) in [7, 11) is 0. The minimum atomic E-state index is 0. The molecular formula is C24H44N4O4Rh. The van der Waals surface area contributed by atoms with Crippen LogP contribution in [0.2, 0.25) is 0 Å².